The van der Waals surface area contributed by atoms with Crippen LogP contribution in [0.3, 0.4) is 0 Å². The van der Waals surface area contributed by atoms with Gasteiger partial charge in [0.25, 0.3) is 10.1 Å². The summed E-state index contributed by atoms with van der Waals surface area (Å²) in [5.41, 5.74) is 1.48. The normalized spacial score (nSPS) is 48.3. The molecular formula is C63H102O42S. The maximum absolute atomic E-state index is 14.8. The molecule has 0 amide bonds. The van der Waals surface area contributed by atoms with E-state index in [-0.39, 0.29) is 10.8 Å². The lowest BCUT2D eigenvalue weighted by molar-refractivity contribution is -0.404. The van der Waals surface area contributed by atoms with Crippen LogP contribution in [-0.4, -0.2) is 424 Å². The molecule has 30 saturated heterocycles. The zero-order valence-corrected chi connectivity index (χ0v) is 58.9. The van der Waals surface area contributed by atoms with Crippen molar-refractivity contribution in [1.82, 2.24) is 0 Å². The number of benzene rings is 1. The van der Waals surface area contributed by atoms with Crippen LogP contribution in [-0.2, 0) is 90.1 Å². The predicted molar refractivity (Wildman–Crippen MR) is 336 cm³/mol. The molecule has 31 rings (SSSR count). The maximum atomic E-state index is 14.8. The third kappa shape index (κ3) is 17.3. The molecular weight excluding hydrogens is 1460 g/mol. The summed E-state index contributed by atoms with van der Waals surface area (Å²) in [5, 5.41) is 260. The molecule has 30 heterocycles. The second-order valence-electron chi connectivity index (χ2n) is 28.5. The van der Waals surface area contributed by atoms with Crippen molar-refractivity contribution in [1.29, 1.82) is 0 Å². The summed E-state index contributed by atoms with van der Waals surface area (Å²) in [5.74, 6) is -0.942. The van der Waals surface area contributed by atoms with Gasteiger partial charge in [-0.2, -0.15) is 8.42 Å². The van der Waals surface area contributed by atoms with Gasteiger partial charge < -0.3 is 193 Å². The summed E-state index contributed by atoms with van der Waals surface area (Å²) in [6, 6.07) is 3.41. The fraction of sp³-hybridized carbons (Fsp3) is 0.905. The summed E-state index contributed by atoms with van der Waals surface area (Å²) in [6.07, 6.45) is -85.1. The largest absolute Gasteiger partial charge is 0.394 e. The summed E-state index contributed by atoms with van der Waals surface area (Å²) in [6.45, 7) is 1.76. The molecule has 43 heteroatoms. The van der Waals surface area contributed by atoms with E-state index in [4.69, 9.17) is 80.0 Å². The van der Waals surface area contributed by atoms with Crippen LogP contribution in [0.15, 0.2) is 17.0 Å². The minimum absolute atomic E-state index is 0.0685. The quantitative estimate of drug-likeness (QED) is 0.0769. The Labute approximate surface area is 605 Å². The Bertz CT molecular complexity index is 3010. The second kappa shape index (κ2) is 35.9. The lowest BCUT2D eigenvalue weighted by Crippen LogP contribution is -2.69. The fourth-order valence-corrected chi connectivity index (χ4v) is 15.9. The number of aliphatic hydroxyl groups is 23. The van der Waals surface area contributed by atoms with Gasteiger partial charge in [0.05, 0.1) is 52.9 Å². The van der Waals surface area contributed by atoms with Crippen molar-refractivity contribution in [2.45, 2.75) is 310 Å². The van der Waals surface area contributed by atoms with Crippen molar-refractivity contribution in [3.8, 4) is 0 Å². The maximum Gasteiger partial charge on any atom is 0.297 e. The highest BCUT2D eigenvalue weighted by atomic mass is 32.2. The Hall–Kier alpha value is -2.43. The molecule has 30 aliphatic heterocycles. The van der Waals surface area contributed by atoms with Crippen molar-refractivity contribution < 1.29 is 206 Å². The van der Waals surface area contributed by atoms with E-state index >= 15 is 0 Å². The van der Waals surface area contributed by atoms with Gasteiger partial charge >= 0.3 is 0 Å². The average molecular weight is 1560 g/mol. The first-order chi connectivity index (χ1) is 50.1. The Balaban J connectivity index is 0.962. The molecule has 0 saturated carbocycles. The van der Waals surface area contributed by atoms with E-state index in [0.29, 0.717) is 11.1 Å². The van der Waals surface area contributed by atoms with Crippen molar-refractivity contribution in [2.24, 2.45) is 0 Å². The molecule has 16 bridgehead atoms. The van der Waals surface area contributed by atoms with Gasteiger partial charge in [-0.1, -0.05) is 53.7 Å². The summed E-state index contributed by atoms with van der Waals surface area (Å²) >= 11 is 0. The third-order valence-corrected chi connectivity index (χ3v) is 21.9. The molecule has 1 aromatic rings. The van der Waals surface area contributed by atoms with Gasteiger partial charge in [0.15, 0.2) is 50.3 Å². The first-order valence-corrected chi connectivity index (χ1v) is 36.2. The van der Waals surface area contributed by atoms with Gasteiger partial charge in [0.1, 0.15) is 200 Å². The number of hydrogen-bond acceptors (Lipinski definition) is 42. The van der Waals surface area contributed by atoms with Crippen LogP contribution in [0, 0.1) is 0 Å². The van der Waals surface area contributed by atoms with Gasteiger partial charge in [-0.25, -0.2) is 0 Å². The number of hydrogen-bond donors (Lipinski definition) is 23. The van der Waals surface area contributed by atoms with Crippen LogP contribution < -0.4 is 0 Å². The van der Waals surface area contributed by atoms with Crippen LogP contribution in [0.25, 0.3) is 0 Å². The fourth-order valence-electron chi connectivity index (χ4n) is 14.3. The average Bonchev–Trinajstić information content (AvgIpc) is 0.778. The highest BCUT2D eigenvalue weighted by molar-refractivity contribution is 7.86. The van der Waals surface area contributed by atoms with E-state index in [1.54, 1.807) is 39.8 Å². The van der Waals surface area contributed by atoms with E-state index in [0.717, 1.165) is 5.56 Å². The topological polar surface area (TPSA) is 656 Å². The number of aliphatic hydroxyl groups excluding tert-OH is 23. The van der Waals surface area contributed by atoms with E-state index < -0.39 is 320 Å². The zero-order chi connectivity index (χ0) is 77.7. The molecule has 30 fully saturated rings. The molecule has 42 nitrogen and oxygen atoms in total. The van der Waals surface area contributed by atoms with E-state index in [1.165, 1.54) is 0 Å². The minimum atomic E-state index is -4.94. The van der Waals surface area contributed by atoms with Gasteiger partial charge in [-0.05, 0) is 34.4 Å². The Kier molecular flexibility index (Phi) is 29.2. The first kappa shape index (κ1) is 86.0. The minimum Gasteiger partial charge on any atom is -0.394 e. The molecule has 40 atom stereocenters. The van der Waals surface area contributed by atoms with E-state index in [9.17, 15) is 126 Å². The van der Waals surface area contributed by atoms with Gasteiger partial charge in [0.2, 0.25) is 0 Å². The monoisotopic (exact) mass is 1560 g/mol. The van der Waals surface area contributed by atoms with Crippen LogP contribution >= 0.6 is 0 Å². The Morgan fingerprint density at radius 2 is 0.443 bits per heavy atom. The van der Waals surface area contributed by atoms with E-state index in [1.807, 2.05) is 13.8 Å². The van der Waals surface area contributed by atoms with Crippen LogP contribution in [0.2, 0.25) is 0 Å². The van der Waals surface area contributed by atoms with Crippen molar-refractivity contribution in [3.63, 3.8) is 0 Å². The number of rotatable bonds is 14. The molecule has 0 spiro atoms. The molecule has 0 aromatic heterocycles. The third-order valence-electron chi connectivity index (χ3n) is 20.4. The highest BCUT2D eigenvalue weighted by Crippen LogP contribution is 2.42. The molecule has 0 radical (unpaired) electrons. The Morgan fingerprint density at radius 3 is 0.604 bits per heavy atom. The lowest BCUT2D eigenvalue weighted by atomic mass is 9.89. The van der Waals surface area contributed by atoms with E-state index in [2.05, 4.69) is 0 Å². The number of ether oxygens (including phenoxy) is 16. The Morgan fingerprint density at radius 1 is 0.274 bits per heavy atom. The first-order valence-electron chi connectivity index (χ1n) is 34.8. The molecule has 0 aliphatic carbocycles. The van der Waals surface area contributed by atoms with Crippen molar-refractivity contribution in [2.75, 3.05) is 52.9 Å². The molecule has 0 unspecified atom stereocenters. The molecule has 1 aromatic carbocycles. The summed E-state index contributed by atoms with van der Waals surface area (Å²) < 4.78 is 129. The SMILES string of the molecule is CC(C)c1cc(C(C)C)c(S(=O)(=O)OC[C@H]2O[C@@H]3O[C@H]4[C@H](O)[C@@H](O)[C@@H](O[C@H]5[C@H](O)[C@@H](O)[C@@H](O[C@H]6[C@H](O)[C@@H](O)[C@@H](O[C@H]7[C@H](O)[C@@H](O)[C@@H](O[C@H]8[C@H](O)[C@@H](O)[C@@H](O[C@H]9[C@H](O)[C@@H](O)[C@@H](O[C@H]%10[C@H](O)[C@H](O)[C@@H](O[C@H]2[C@H](O)[C@H]3O)O[C@@H]%10CO)O[C@@H]9CO)O[C@@H]8CO)O[C@@H]7CO)O[C@H]6CO)O[C@H]5CO)O[C@H]4CO)c(C(C)C)c1. The standard InChI is InChI=1S/C63H102O42S/c1-17(2)20-7-21(18(3)4)55(22(8-20)19(5)6)106(87,88)89-16-30-54-38(78)46(86)63(97-30)104-53-29(15-70)95-61(44(84)36(53)76)102-51-27(13-68)93-59(42(82)34(51)74)100-49-25(11-66)91-57(40(80)32(49)72)98-47-23(9-64)90-56(39(79)31(47)71)99-48-24(10-65)92-58(41(81)33(48)73)101-50-26(12-67)94-60(43(83)35(50)75)103-52-28(14-69)96-62(105-54)45(85)37(52)77/h7-8,17-19,23-54,56-86H,9-16H2,1-6H3/t23-,24-,25+,26-,27+,28-,29+,30-,31-,32-,33-,34-,35-,36-,37-,38-,39-,40-,41-,42-,43-,44-,45+,46-,47-,48-,49-,50-,51-,52-,53-,54-,56-,57-,58-,59-,60-,61-,62-,63-/m1/s1. The molecule has 30 aliphatic rings. The molecule has 106 heavy (non-hydrogen) atoms. The van der Waals surface area contributed by atoms with Crippen molar-refractivity contribution >= 4 is 10.1 Å². The molecule has 612 valence electrons. The zero-order valence-electron chi connectivity index (χ0n) is 58.1. The summed E-state index contributed by atoms with van der Waals surface area (Å²) in [4.78, 5) is -0.233. The smallest absolute Gasteiger partial charge is 0.297 e. The van der Waals surface area contributed by atoms with Gasteiger partial charge in [-0.3, -0.25) is 4.18 Å². The van der Waals surface area contributed by atoms with Gasteiger partial charge in [-0.15, -0.1) is 0 Å². The van der Waals surface area contributed by atoms with Gasteiger partial charge in [0, 0.05) is 0 Å². The molecule has 23 N–H and O–H groups in total. The summed E-state index contributed by atoms with van der Waals surface area (Å²) in [7, 11) is -4.94. The lowest BCUT2D eigenvalue weighted by Gasteiger charge is -2.50. The predicted octanol–water partition coefficient (Wildman–Crippen LogP) is -12.6. The van der Waals surface area contributed by atoms with Crippen LogP contribution in [0.5, 0.6) is 0 Å². The van der Waals surface area contributed by atoms with Crippen LogP contribution in [0.1, 0.15) is 76.0 Å². The van der Waals surface area contributed by atoms with Crippen LogP contribution in [0.4, 0.5) is 0 Å². The van der Waals surface area contributed by atoms with Crippen molar-refractivity contribution in [3.05, 3.63) is 28.8 Å². The highest BCUT2D eigenvalue weighted by Gasteiger charge is 2.61. The second-order valence-corrected chi connectivity index (χ2v) is 30.1.